The Morgan fingerprint density at radius 1 is 1.27 bits per heavy atom. The van der Waals surface area contributed by atoms with Gasteiger partial charge in [0.2, 0.25) is 0 Å². The highest BCUT2D eigenvalue weighted by atomic mass is 127. The predicted molar refractivity (Wildman–Crippen MR) is 133 cm³/mol. The molecule has 1 unspecified atom stereocenters. The normalized spacial score (nSPS) is 12.2. The van der Waals surface area contributed by atoms with Crippen LogP contribution in [0.5, 0.6) is 5.75 Å². The molecule has 3 aromatic rings. The fourth-order valence-electron chi connectivity index (χ4n) is 3.00. The lowest BCUT2D eigenvalue weighted by Crippen LogP contribution is -2.40. The van der Waals surface area contributed by atoms with Crippen molar-refractivity contribution in [1.82, 2.24) is 25.4 Å². The molecule has 0 radical (unpaired) electrons. The van der Waals surface area contributed by atoms with Gasteiger partial charge in [0, 0.05) is 30.0 Å². The minimum absolute atomic E-state index is 0. The highest BCUT2D eigenvalue weighted by molar-refractivity contribution is 14.0. The highest BCUT2D eigenvalue weighted by Crippen LogP contribution is 2.19. The van der Waals surface area contributed by atoms with Crippen molar-refractivity contribution in [1.29, 1.82) is 0 Å². The lowest BCUT2D eigenvalue weighted by Gasteiger charge is -2.18. The average Bonchev–Trinajstić information content (AvgIpc) is 3.44. The molecule has 0 amide bonds. The first-order valence-electron chi connectivity index (χ1n) is 9.78. The number of aliphatic imine (C=N–C) groups is 1. The van der Waals surface area contributed by atoms with Gasteiger partial charge in [-0.2, -0.15) is 0 Å². The number of thiophene rings is 1. The summed E-state index contributed by atoms with van der Waals surface area (Å²) in [6.45, 7) is 6.25. The zero-order valence-corrected chi connectivity index (χ0v) is 20.7. The van der Waals surface area contributed by atoms with E-state index >= 15 is 0 Å². The zero-order chi connectivity index (χ0) is 20.5. The van der Waals surface area contributed by atoms with E-state index in [1.165, 1.54) is 4.88 Å². The minimum Gasteiger partial charge on any atom is -0.496 e. The van der Waals surface area contributed by atoms with Crippen molar-refractivity contribution in [2.75, 3.05) is 13.7 Å². The molecule has 0 saturated heterocycles. The Morgan fingerprint density at radius 3 is 2.83 bits per heavy atom. The monoisotopic (exact) mass is 540 g/mol. The van der Waals surface area contributed by atoms with Crippen LogP contribution in [-0.4, -0.2) is 34.4 Å². The van der Waals surface area contributed by atoms with Crippen LogP contribution in [0.3, 0.4) is 0 Å². The molecule has 0 saturated carbocycles. The van der Waals surface area contributed by atoms with E-state index in [4.69, 9.17) is 9.73 Å². The maximum absolute atomic E-state index is 5.45. The Kier molecular flexibility index (Phi) is 10.1. The van der Waals surface area contributed by atoms with E-state index in [2.05, 4.69) is 56.8 Å². The van der Waals surface area contributed by atoms with Crippen LogP contribution in [0.1, 0.15) is 36.2 Å². The number of aryl methyl sites for hydroxylation is 1. The average molecular weight is 540 g/mol. The van der Waals surface area contributed by atoms with Crippen LogP contribution in [-0.2, 0) is 19.5 Å². The Morgan fingerprint density at radius 2 is 2.10 bits per heavy atom. The number of hydrogen-bond donors (Lipinski definition) is 2. The Bertz CT molecular complexity index is 912. The van der Waals surface area contributed by atoms with Crippen LogP contribution < -0.4 is 15.4 Å². The van der Waals surface area contributed by atoms with E-state index in [0.717, 1.165) is 42.6 Å². The molecule has 9 heteroatoms. The van der Waals surface area contributed by atoms with Gasteiger partial charge in [0.05, 0.1) is 19.7 Å². The number of para-hydroxylation sites is 1. The first-order valence-corrected chi connectivity index (χ1v) is 10.7. The van der Waals surface area contributed by atoms with Gasteiger partial charge >= 0.3 is 0 Å². The maximum Gasteiger partial charge on any atom is 0.192 e. The van der Waals surface area contributed by atoms with Crippen LogP contribution in [0.25, 0.3) is 0 Å². The summed E-state index contributed by atoms with van der Waals surface area (Å²) in [7, 11) is 1.68. The number of methoxy groups -OCH3 is 1. The van der Waals surface area contributed by atoms with Gasteiger partial charge in [-0.3, -0.25) is 0 Å². The number of benzene rings is 1. The Hall–Kier alpha value is -2.14. The van der Waals surface area contributed by atoms with Gasteiger partial charge in [-0.05, 0) is 24.4 Å². The molecule has 162 valence electrons. The van der Waals surface area contributed by atoms with E-state index in [0.29, 0.717) is 6.54 Å². The molecule has 0 aliphatic carbocycles. The minimum atomic E-state index is 0. The summed E-state index contributed by atoms with van der Waals surface area (Å²) in [5.41, 5.74) is 1.05. The zero-order valence-electron chi connectivity index (χ0n) is 17.5. The summed E-state index contributed by atoms with van der Waals surface area (Å²) in [4.78, 5) is 6.06. The van der Waals surface area contributed by atoms with Gasteiger partial charge in [0.15, 0.2) is 5.96 Å². The highest BCUT2D eigenvalue weighted by Gasteiger charge is 2.10. The molecule has 0 bridgehead atoms. The summed E-state index contributed by atoms with van der Waals surface area (Å²) in [5.74, 6) is 2.60. The molecular weight excluding hydrogens is 511 g/mol. The molecule has 0 aliphatic heterocycles. The predicted octanol–water partition coefficient (Wildman–Crippen LogP) is 4.03. The number of halogens is 1. The number of nitrogens with zero attached hydrogens (tertiary/aromatic N) is 4. The van der Waals surface area contributed by atoms with Crippen LogP contribution in [0, 0.1) is 0 Å². The van der Waals surface area contributed by atoms with E-state index in [1.54, 1.807) is 24.8 Å². The number of aromatic nitrogens is 3. The van der Waals surface area contributed by atoms with E-state index < -0.39 is 0 Å². The van der Waals surface area contributed by atoms with Crippen molar-refractivity contribution < 1.29 is 4.74 Å². The molecule has 1 atom stereocenters. The summed E-state index contributed by atoms with van der Waals surface area (Å²) in [6.07, 6.45) is 2.64. The van der Waals surface area contributed by atoms with E-state index in [-0.39, 0.29) is 30.0 Å². The summed E-state index contributed by atoms with van der Waals surface area (Å²) >= 11 is 1.73. The molecule has 2 heterocycles. The Balaban J connectivity index is 0.00000320. The van der Waals surface area contributed by atoms with Crippen molar-refractivity contribution in [2.24, 2.45) is 4.99 Å². The molecule has 2 N–H and O–H groups in total. The summed E-state index contributed by atoms with van der Waals surface area (Å²) < 4.78 is 7.51. The van der Waals surface area contributed by atoms with Gasteiger partial charge in [-0.25, -0.2) is 4.99 Å². The van der Waals surface area contributed by atoms with Crippen molar-refractivity contribution in [3.8, 4) is 5.75 Å². The molecule has 30 heavy (non-hydrogen) atoms. The third-order valence-corrected chi connectivity index (χ3v) is 5.64. The standard InChI is InChI=1S/C21H28N6OS.HI/c1-4-20-26-24-15-27(20)12-11-22-21(25-16(2)19-10-7-13-29-19)23-14-17-8-5-6-9-18(17)28-3;/h5-10,13,15-16H,4,11-12,14H2,1-3H3,(H2,22,23,25);1H. The van der Waals surface area contributed by atoms with E-state index in [1.807, 2.05) is 24.3 Å². The molecule has 0 aliphatic rings. The van der Waals surface area contributed by atoms with Crippen molar-refractivity contribution in [3.63, 3.8) is 0 Å². The van der Waals surface area contributed by atoms with Gasteiger partial charge in [0.1, 0.15) is 17.9 Å². The number of nitrogens with one attached hydrogen (secondary N) is 2. The largest absolute Gasteiger partial charge is 0.496 e. The summed E-state index contributed by atoms with van der Waals surface area (Å²) in [5, 5.41) is 17.2. The quantitative estimate of drug-likeness (QED) is 0.244. The number of hydrogen-bond acceptors (Lipinski definition) is 5. The van der Waals surface area contributed by atoms with Gasteiger partial charge < -0.3 is 19.9 Å². The second kappa shape index (κ2) is 12.5. The lowest BCUT2D eigenvalue weighted by atomic mass is 10.2. The van der Waals surface area contributed by atoms with Crippen molar-refractivity contribution in [2.45, 2.75) is 39.4 Å². The topological polar surface area (TPSA) is 76.4 Å². The first-order chi connectivity index (χ1) is 14.2. The first kappa shape index (κ1) is 24.1. The molecule has 1 aromatic carbocycles. The molecule has 2 aromatic heterocycles. The molecule has 0 spiro atoms. The lowest BCUT2D eigenvalue weighted by molar-refractivity contribution is 0.410. The van der Waals surface area contributed by atoms with Crippen LogP contribution in [0.2, 0.25) is 0 Å². The fraction of sp³-hybridized carbons (Fsp3) is 0.381. The molecule has 3 rings (SSSR count). The number of ether oxygens (including phenoxy) is 1. The summed E-state index contributed by atoms with van der Waals surface area (Å²) in [6, 6.07) is 12.3. The number of guanidine groups is 1. The second-order valence-corrected chi connectivity index (χ2v) is 7.56. The third-order valence-electron chi connectivity index (χ3n) is 4.58. The van der Waals surface area contributed by atoms with Crippen LogP contribution in [0.15, 0.2) is 53.1 Å². The van der Waals surface area contributed by atoms with E-state index in [9.17, 15) is 0 Å². The molecule has 7 nitrogen and oxygen atoms in total. The number of rotatable bonds is 9. The fourth-order valence-corrected chi connectivity index (χ4v) is 3.73. The maximum atomic E-state index is 5.45. The van der Waals surface area contributed by atoms with Crippen LogP contribution >= 0.6 is 35.3 Å². The SMILES string of the molecule is CCc1nncn1CCNC(=NCc1ccccc1OC)NC(C)c1cccs1.I. The van der Waals surface area contributed by atoms with Gasteiger partial charge in [-0.15, -0.1) is 45.5 Å². The van der Waals surface area contributed by atoms with Crippen molar-refractivity contribution in [3.05, 3.63) is 64.4 Å². The Labute approximate surface area is 199 Å². The van der Waals surface area contributed by atoms with Gasteiger partial charge in [-0.1, -0.05) is 31.2 Å². The van der Waals surface area contributed by atoms with Crippen molar-refractivity contribution >= 4 is 41.3 Å². The molecular formula is C21H29IN6OS. The molecule has 0 fully saturated rings. The van der Waals surface area contributed by atoms with Gasteiger partial charge in [0.25, 0.3) is 0 Å². The van der Waals surface area contributed by atoms with Crippen LogP contribution in [0.4, 0.5) is 0 Å². The smallest absolute Gasteiger partial charge is 0.192 e. The third kappa shape index (κ3) is 6.69. The second-order valence-electron chi connectivity index (χ2n) is 6.58.